The zero-order valence-corrected chi connectivity index (χ0v) is 13.0. The van der Waals surface area contributed by atoms with Crippen LogP contribution in [0.5, 0.6) is 0 Å². The molecular formula is C15H18N6O. The molecule has 1 atom stereocenters. The molecule has 3 heterocycles. The van der Waals surface area contributed by atoms with Crippen LogP contribution in [0.1, 0.15) is 40.4 Å². The summed E-state index contributed by atoms with van der Waals surface area (Å²) >= 11 is 0. The minimum atomic E-state index is -0.208. The van der Waals surface area contributed by atoms with Gasteiger partial charge in [-0.3, -0.25) is 9.48 Å². The highest BCUT2D eigenvalue weighted by atomic mass is 16.1. The second-order valence-electron chi connectivity index (χ2n) is 5.48. The molecule has 0 aliphatic heterocycles. The van der Waals surface area contributed by atoms with E-state index in [1.54, 1.807) is 21.5 Å². The van der Waals surface area contributed by atoms with Crippen LogP contribution in [0, 0.1) is 13.8 Å². The summed E-state index contributed by atoms with van der Waals surface area (Å²) in [5, 5.41) is 11.4. The van der Waals surface area contributed by atoms with Crippen molar-refractivity contribution in [3.63, 3.8) is 0 Å². The molecule has 3 rings (SSSR count). The summed E-state index contributed by atoms with van der Waals surface area (Å²) in [7, 11) is 1.85. The van der Waals surface area contributed by atoms with Gasteiger partial charge < -0.3 is 5.32 Å². The monoisotopic (exact) mass is 298 g/mol. The Labute approximate surface area is 128 Å². The van der Waals surface area contributed by atoms with E-state index in [4.69, 9.17) is 0 Å². The van der Waals surface area contributed by atoms with Crippen LogP contribution in [-0.4, -0.2) is 30.3 Å². The number of hydrogen-bond acceptors (Lipinski definition) is 4. The molecule has 22 heavy (non-hydrogen) atoms. The highest BCUT2D eigenvalue weighted by Crippen LogP contribution is 2.13. The van der Waals surface area contributed by atoms with Gasteiger partial charge in [0.05, 0.1) is 17.9 Å². The lowest BCUT2D eigenvalue weighted by molar-refractivity contribution is 0.0935. The molecule has 3 aromatic heterocycles. The number of aryl methyl sites for hydroxylation is 3. The quantitative estimate of drug-likeness (QED) is 0.796. The second kappa shape index (κ2) is 5.25. The smallest absolute Gasteiger partial charge is 0.270 e. The Morgan fingerprint density at radius 1 is 1.32 bits per heavy atom. The molecule has 0 aromatic carbocycles. The molecule has 0 bridgehead atoms. The molecule has 7 heteroatoms. The Hall–Kier alpha value is -2.70. The van der Waals surface area contributed by atoms with Gasteiger partial charge in [-0.15, -0.1) is 0 Å². The Morgan fingerprint density at radius 3 is 2.77 bits per heavy atom. The Kier molecular flexibility index (Phi) is 3.40. The van der Waals surface area contributed by atoms with E-state index >= 15 is 0 Å². The molecule has 0 aliphatic rings. The SMILES string of the molecule is Cc1cc2nc(C(=O)N[C@@H](C)c3cnn(C)c3)cc(C)n2n1. The van der Waals surface area contributed by atoms with Gasteiger partial charge in [-0.2, -0.15) is 10.2 Å². The van der Waals surface area contributed by atoms with E-state index in [9.17, 15) is 4.79 Å². The third-order valence-electron chi connectivity index (χ3n) is 3.53. The number of aromatic nitrogens is 5. The van der Waals surface area contributed by atoms with Crippen LogP contribution in [0.3, 0.4) is 0 Å². The molecule has 1 N–H and O–H groups in total. The van der Waals surface area contributed by atoms with Crippen molar-refractivity contribution in [3.8, 4) is 0 Å². The average Bonchev–Trinajstić information content (AvgIpc) is 3.04. The molecule has 0 spiro atoms. The molecule has 0 radical (unpaired) electrons. The van der Waals surface area contributed by atoms with Crippen molar-refractivity contribution in [3.05, 3.63) is 47.2 Å². The maximum absolute atomic E-state index is 12.4. The number of rotatable bonds is 3. The van der Waals surface area contributed by atoms with Crippen molar-refractivity contribution in [2.24, 2.45) is 7.05 Å². The van der Waals surface area contributed by atoms with Crippen LogP contribution in [0.25, 0.3) is 5.65 Å². The first-order valence-corrected chi connectivity index (χ1v) is 7.07. The molecule has 0 aliphatic carbocycles. The summed E-state index contributed by atoms with van der Waals surface area (Å²) in [5.41, 5.74) is 3.76. The summed E-state index contributed by atoms with van der Waals surface area (Å²) in [6.45, 7) is 5.73. The molecule has 114 valence electrons. The molecule has 0 saturated heterocycles. The molecule has 0 unspecified atom stereocenters. The van der Waals surface area contributed by atoms with E-state index in [-0.39, 0.29) is 11.9 Å². The molecule has 0 fully saturated rings. The zero-order chi connectivity index (χ0) is 15.9. The maximum atomic E-state index is 12.4. The van der Waals surface area contributed by atoms with E-state index in [0.717, 1.165) is 17.0 Å². The van der Waals surface area contributed by atoms with Gasteiger partial charge in [-0.25, -0.2) is 9.50 Å². The summed E-state index contributed by atoms with van der Waals surface area (Å²) in [4.78, 5) is 16.8. The molecule has 1 amide bonds. The summed E-state index contributed by atoms with van der Waals surface area (Å²) in [5.74, 6) is -0.208. The lowest BCUT2D eigenvalue weighted by Crippen LogP contribution is -2.27. The first-order chi connectivity index (χ1) is 10.4. The van der Waals surface area contributed by atoms with Crippen LogP contribution in [0.2, 0.25) is 0 Å². The fourth-order valence-corrected chi connectivity index (χ4v) is 2.37. The normalized spacial score (nSPS) is 12.5. The van der Waals surface area contributed by atoms with E-state index in [0.29, 0.717) is 11.3 Å². The fraction of sp³-hybridized carbons (Fsp3) is 0.333. The minimum Gasteiger partial charge on any atom is -0.344 e. The maximum Gasteiger partial charge on any atom is 0.270 e. The van der Waals surface area contributed by atoms with Gasteiger partial charge in [0, 0.05) is 30.6 Å². The van der Waals surface area contributed by atoms with Crippen molar-refractivity contribution < 1.29 is 4.79 Å². The molecular weight excluding hydrogens is 280 g/mol. The number of nitrogens with one attached hydrogen (secondary N) is 1. The standard InChI is InChI=1S/C15H18N6O/c1-9-5-14-18-13(6-10(2)21(14)19-9)15(22)17-11(3)12-7-16-20(4)8-12/h5-8,11H,1-4H3,(H,17,22)/t11-/m0/s1. The molecule has 3 aromatic rings. The van der Waals surface area contributed by atoms with Gasteiger partial charge >= 0.3 is 0 Å². The lowest BCUT2D eigenvalue weighted by atomic mass is 10.2. The minimum absolute atomic E-state index is 0.133. The number of hydrogen-bond donors (Lipinski definition) is 1. The summed E-state index contributed by atoms with van der Waals surface area (Å²) in [6, 6.07) is 3.46. The van der Waals surface area contributed by atoms with Crippen LogP contribution < -0.4 is 5.32 Å². The van der Waals surface area contributed by atoms with Gasteiger partial charge in [0.1, 0.15) is 5.69 Å². The third kappa shape index (κ3) is 2.57. The van der Waals surface area contributed by atoms with Crippen molar-refractivity contribution >= 4 is 11.6 Å². The highest BCUT2D eigenvalue weighted by Gasteiger charge is 2.15. The number of carbonyl (C=O) groups is 1. The van der Waals surface area contributed by atoms with E-state index in [1.807, 2.05) is 40.1 Å². The van der Waals surface area contributed by atoms with Crippen molar-refractivity contribution in [1.82, 2.24) is 29.7 Å². The van der Waals surface area contributed by atoms with Crippen molar-refractivity contribution in [2.75, 3.05) is 0 Å². The van der Waals surface area contributed by atoms with Gasteiger partial charge in [0.25, 0.3) is 5.91 Å². The summed E-state index contributed by atoms with van der Waals surface area (Å²) in [6.07, 6.45) is 3.63. The molecule has 0 saturated carbocycles. The Bertz CT molecular complexity index is 847. The highest BCUT2D eigenvalue weighted by molar-refractivity contribution is 5.93. The van der Waals surface area contributed by atoms with Crippen LogP contribution in [-0.2, 0) is 7.05 Å². The topological polar surface area (TPSA) is 77.1 Å². The lowest BCUT2D eigenvalue weighted by Gasteiger charge is -2.12. The second-order valence-corrected chi connectivity index (χ2v) is 5.48. The Morgan fingerprint density at radius 2 is 2.09 bits per heavy atom. The van der Waals surface area contributed by atoms with Gasteiger partial charge in [0.15, 0.2) is 5.65 Å². The van der Waals surface area contributed by atoms with Crippen molar-refractivity contribution in [2.45, 2.75) is 26.8 Å². The van der Waals surface area contributed by atoms with Crippen LogP contribution >= 0.6 is 0 Å². The van der Waals surface area contributed by atoms with Crippen LogP contribution in [0.15, 0.2) is 24.5 Å². The van der Waals surface area contributed by atoms with Crippen molar-refractivity contribution in [1.29, 1.82) is 0 Å². The fourth-order valence-electron chi connectivity index (χ4n) is 2.37. The van der Waals surface area contributed by atoms with E-state index in [1.165, 1.54) is 0 Å². The third-order valence-corrected chi connectivity index (χ3v) is 3.53. The van der Waals surface area contributed by atoms with Gasteiger partial charge in [-0.1, -0.05) is 0 Å². The first-order valence-electron chi connectivity index (χ1n) is 7.07. The zero-order valence-electron chi connectivity index (χ0n) is 13.0. The van der Waals surface area contributed by atoms with Gasteiger partial charge in [0.2, 0.25) is 0 Å². The van der Waals surface area contributed by atoms with E-state index in [2.05, 4.69) is 20.5 Å². The number of carbonyl (C=O) groups excluding carboxylic acids is 1. The molecule has 7 nitrogen and oxygen atoms in total. The van der Waals surface area contributed by atoms with Gasteiger partial charge in [-0.05, 0) is 26.8 Å². The number of fused-ring (bicyclic) bond motifs is 1. The number of nitrogens with zero attached hydrogens (tertiary/aromatic N) is 5. The van der Waals surface area contributed by atoms with E-state index < -0.39 is 0 Å². The Balaban J connectivity index is 1.85. The number of amides is 1. The predicted octanol–water partition coefficient (Wildman–Crippen LogP) is 1.57. The first kappa shape index (κ1) is 14.2. The summed E-state index contributed by atoms with van der Waals surface area (Å²) < 4.78 is 3.44. The largest absolute Gasteiger partial charge is 0.344 e. The predicted molar refractivity (Wildman–Crippen MR) is 81.6 cm³/mol. The van der Waals surface area contributed by atoms with Crippen LogP contribution in [0.4, 0.5) is 0 Å². The average molecular weight is 298 g/mol.